The first kappa shape index (κ1) is 16.8. The van der Waals surface area contributed by atoms with E-state index in [1.165, 1.54) is 6.07 Å². The minimum Gasteiger partial charge on any atom is -0.386 e. The number of amides is 1. The van der Waals surface area contributed by atoms with Crippen molar-refractivity contribution in [2.45, 2.75) is 25.9 Å². The van der Waals surface area contributed by atoms with Crippen LogP contribution in [0.4, 0.5) is 8.78 Å². The maximum atomic E-state index is 13.5. The highest BCUT2D eigenvalue weighted by Crippen LogP contribution is 2.24. The molecule has 1 saturated heterocycles. The van der Waals surface area contributed by atoms with Gasteiger partial charge in [-0.05, 0) is 30.9 Å². The molecule has 2 rings (SSSR count). The van der Waals surface area contributed by atoms with Gasteiger partial charge in [0.2, 0.25) is 5.91 Å². The Balaban J connectivity index is 1.90. The predicted molar refractivity (Wildman–Crippen MR) is 77.0 cm³/mol. The molecule has 0 spiro atoms. The fourth-order valence-electron chi connectivity index (χ4n) is 2.72. The zero-order valence-corrected chi connectivity index (χ0v) is 12.5. The maximum absolute atomic E-state index is 13.5. The van der Waals surface area contributed by atoms with Crippen LogP contribution in [0.5, 0.6) is 0 Å². The standard InChI is InChI=1S/C16H21F2NO3/c1-10(11-5-7-22-8-6-11)16(21)19-9-14(20)15-12(17)3-2-4-13(15)18/h2-4,10-11,14,20H,5-9H2,1H3,(H,19,21). The van der Waals surface area contributed by atoms with E-state index in [2.05, 4.69) is 5.32 Å². The van der Waals surface area contributed by atoms with Gasteiger partial charge in [-0.25, -0.2) is 8.78 Å². The molecular formula is C16H21F2NO3. The van der Waals surface area contributed by atoms with Crippen LogP contribution in [0, 0.1) is 23.5 Å². The maximum Gasteiger partial charge on any atom is 0.223 e. The van der Waals surface area contributed by atoms with Crippen molar-refractivity contribution in [1.82, 2.24) is 5.32 Å². The van der Waals surface area contributed by atoms with E-state index >= 15 is 0 Å². The molecule has 0 bridgehead atoms. The van der Waals surface area contributed by atoms with E-state index in [4.69, 9.17) is 4.74 Å². The number of hydrogen-bond acceptors (Lipinski definition) is 3. The monoisotopic (exact) mass is 313 g/mol. The van der Waals surface area contributed by atoms with Gasteiger partial charge in [0.1, 0.15) is 17.7 Å². The minimum absolute atomic E-state index is 0.218. The van der Waals surface area contributed by atoms with Crippen LogP contribution in [0.3, 0.4) is 0 Å². The molecule has 1 fully saturated rings. The number of nitrogens with one attached hydrogen (secondary N) is 1. The van der Waals surface area contributed by atoms with Crippen LogP contribution in [-0.2, 0) is 9.53 Å². The van der Waals surface area contributed by atoms with Crippen LogP contribution in [0.1, 0.15) is 31.4 Å². The van der Waals surface area contributed by atoms with Gasteiger partial charge in [0, 0.05) is 25.7 Å². The van der Waals surface area contributed by atoms with E-state index < -0.39 is 23.3 Å². The van der Waals surface area contributed by atoms with Crippen LogP contribution < -0.4 is 5.32 Å². The van der Waals surface area contributed by atoms with Gasteiger partial charge in [-0.2, -0.15) is 0 Å². The minimum atomic E-state index is -1.41. The summed E-state index contributed by atoms with van der Waals surface area (Å²) in [5, 5.41) is 12.5. The Kier molecular flexibility index (Phi) is 5.85. The highest BCUT2D eigenvalue weighted by Gasteiger charge is 2.26. The first-order chi connectivity index (χ1) is 10.5. The van der Waals surface area contributed by atoms with Crippen LogP contribution in [0.25, 0.3) is 0 Å². The summed E-state index contributed by atoms with van der Waals surface area (Å²) in [5.74, 6) is -1.85. The largest absolute Gasteiger partial charge is 0.386 e. The molecule has 0 aromatic heterocycles. The van der Waals surface area contributed by atoms with Crippen molar-refractivity contribution in [2.75, 3.05) is 19.8 Å². The van der Waals surface area contributed by atoms with E-state index in [-0.39, 0.29) is 24.3 Å². The van der Waals surface area contributed by atoms with Crippen molar-refractivity contribution in [3.8, 4) is 0 Å². The molecule has 1 heterocycles. The number of halogens is 2. The Morgan fingerprint density at radius 3 is 2.55 bits per heavy atom. The molecule has 1 aliphatic rings. The molecule has 22 heavy (non-hydrogen) atoms. The average molecular weight is 313 g/mol. The Labute approximate surface area is 128 Å². The number of carbonyl (C=O) groups is 1. The van der Waals surface area contributed by atoms with Gasteiger partial charge in [0.05, 0.1) is 5.56 Å². The van der Waals surface area contributed by atoms with Gasteiger partial charge in [-0.1, -0.05) is 13.0 Å². The first-order valence-electron chi connectivity index (χ1n) is 7.48. The fourth-order valence-corrected chi connectivity index (χ4v) is 2.72. The number of aliphatic hydroxyl groups is 1. The normalized spacial score (nSPS) is 18.7. The Morgan fingerprint density at radius 1 is 1.36 bits per heavy atom. The fraction of sp³-hybridized carbons (Fsp3) is 0.562. The Morgan fingerprint density at radius 2 is 1.95 bits per heavy atom. The zero-order valence-electron chi connectivity index (χ0n) is 12.5. The summed E-state index contributed by atoms with van der Waals surface area (Å²) in [7, 11) is 0. The van der Waals surface area contributed by atoms with Gasteiger partial charge in [-0.3, -0.25) is 4.79 Å². The van der Waals surface area contributed by atoms with Crippen LogP contribution in [-0.4, -0.2) is 30.8 Å². The third kappa shape index (κ3) is 4.01. The number of rotatable bonds is 5. The average Bonchev–Trinajstić information content (AvgIpc) is 2.52. The molecule has 0 aliphatic carbocycles. The van der Waals surface area contributed by atoms with E-state index in [9.17, 15) is 18.7 Å². The summed E-state index contributed by atoms with van der Waals surface area (Å²) < 4.78 is 32.4. The van der Waals surface area contributed by atoms with Crippen LogP contribution in [0.2, 0.25) is 0 Å². The van der Waals surface area contributed by atoms with Crippen LogP contribution >= 0.6 is 0 Å². The second kappa shape index (κ2) is 7.65. The molecule has 122 valence electrons. The van der Waals surface area contributed by atoms with Gasteiger partial charge in [-0.15, -0.1) is 0 Å². The first-order valence-corrected chi connectivity index (χ1v) is 7.48. The summed E-state index contributed by atoms with van der Waals surface area (Å²) in [6.45, 7) is 2.89. The Bertz CT molecular complexity index is 498. The number of carbonyl (C=O) groups excluding carboxylic acids is 1. The molecule has 1 aliphatic heterocycles. The Hall–Kier alpha value is -1.53. The lowest BCUT2D eigenvalue weighted by atomic mass is 9.87. The highest BCUT2D eigenvalue weighted by atomic mass is 19.1. The predicted octanol–water partition coefficient (Wildman–Crippen LogP) is 2.18. The lowest BCUT2D eigenvalue weighted by molar-refractivity contribution is -0.127. The summed E-state index contributed by atoms with van der Waals surface area (Å²) in [4.78, 5) is 12.1. The molecule has 1 amide bonds. The van der Waals surface area contributed by atoms with E-state index in [0.717, 1.165) is 25.0 Å². The van der Waals surface area contributed by atoms with E-state index in [1.807, 2.05) is 6.92 Å². The molecule has 6 heteroatoms. The van der Waals surface area contributed by atoms with Gasteiger partial charge >= 0.3 is 0 Å². The van der Waals surface area contributed by atoms with Crippen molar-refractivity contribution in [3.05, 3.63) is 35.4 Å². The quantitative estimate of drug-likeness (QED) is 0.876. The smallest absolute Gasteiger partial charge is 0.223 e. The number of benzene rings is 1. The number of ether oxygens (including phenoxy) is 1. The highest BCUT2D eigenvalue weighted by molar-refractivity contribution is 5.78. The van der Waals surface area contributed by atoms with Crippen molar-refractivity contribution in [2.24, 2.45) is 11.8 Å². The zero-order chi connectivity index (χ0) is 16.1. The molecule has 2 atom stereocenters. The van der Waals surface area contributed by atoms with E-state index in [0.29, 0.717) is 13.2 Å². The number of aliphatic hydroxyl groups excluding tert-OH is 1. The van der Waals surface area contributed by atoms with Crippen molar-refractivity contribution < 1.29 is 23.4 Å². The second-order valence-electron chi connectivity index (χ2n) is 5.63. The van der Waals surface area contributed by atoms with Gasteiger partial charge in [0.15, 0.2) is 0 Å². The summed E-state index contributed by atoms with van der Waals surface area (Å²) in [5.41, 5.74) is -0.415. The molecule has 0 saturated carbocycles. The van der Waals surface area contributed by atoms with Crippen molar-refractivity contribution >= 4 is 5.91 Å². The third-order valence-electron chi connectivity index (χ3n) is 4.19. The third-order valence-corrected chi connectivity index (χ3v) is 4.19. The van der Waals surface area contributed by atoms with Crippen molar-refractivity contribution in [3.63, 3.8) is 0 Å². The number of hydrogen-bond donors (Lipinski definition) is 2. The van der Waals surface area contributed by atoms with Gasteiger partial charge in [0.25, 0.3) is 0 Å². The molecule has 4 nitrogen and oxygen atoms in total. The molecule has 0 radical (unpaired) electrons. The lowest BCUT2D eigenvalue weighted by Gasteiger charge is -2.27. The summed E-state index contributed by atoms with van der Waals surface area (Å²) >= 11 is 0. The molecule has 1 aromatic rings. The molecule has 2 N–H and O–H groups in total. The summed E-state index contributed by atoms with van der Waals surface area (Å²) in [6.07, 6.45) is 0.227. The SMILES string of the molecule is CC(C(=O)NCC(O)c1c(F)cccc1F)C1CCOCC1. The summed E-state index contributed by atoms with van der Waals surface area (Å²) in [6, 6.07) is 3.38. The lowest BCUT2D eigenvalue weighted by Crippen LogP contribution is -2.37. The van der Waals surface area contributed by atoms with E-state index in [1.54, 1.807) is 0 Å². The molecular weight excluding hydrogens is 292 g/mol. The molecule has 1 aromatic carbocycles. The second-order valence-corrected chi connectivity index (χ2v) is 5.63. The van der Waals surface area contributed by atoms with Crippen molar-refractivity contribution in [1.29, 1.82) is 0 Å². The molecule has 2 unspecified atom stereocenters. The van der Waals surface area contributed by atoms with Gasteiger partial charge < -0.3 is 15.2 Å². The topological polar surface area (TPSA) is 58.6 Å². The van der Waals surface area contributed by atoms with Crippen LogP contribution in [0.15, 0.2) is 18.2 Å².